The predicted molar refractivity (Wildman–Crippen MR) is 170 cm³/mol. The van der Waals surface area contributed by atoms with E-state index in [9.17, 15) is 19.2 Å². The second-order valence-corrected chi connectivity index (χ2v) is 11.8. The lowest BCUT2D eigenvalue weighted by molar-refractivity contribution is -0.124. The molecule has 3 aromatic rings. The summed E-state index contributed by atoms with van der Waals surface area (Å²) in [7, 11) is 1.56. The Morgan fingerprint density at radius 3 is 2.59 bits per heavy atom. The highest BCUT2D eigenvalue weighted by atomic mass is 16.5. The van der Waals surface area contributed by atoms with Crippen LogP contribution in [0.15, 0.2) is 66.7 Å². The van der Waals surface area contributed by atoms with Crippen molar-refractivity contribution >= 4 is 29.3 Å². The van der Waals surface area contributed by atoms with Gasteiger partial charge in [-0.05, 0) is 73.9 Å². The molecule has 240 valence electrons. The first-order valence-electron chi connectivity index (χ1n) is 15.7. The lowest BCUT2D eigenvalue weighted by Gasteiger charge is -2.39. The maximum Gasteiger partial charge on any atom is 0.254 e. The van der Waals surface area contributed by atoms with E-state index in [0.29, 0.717) is 60.9 Å². The Balaban J connectivity index is 1.22. The molecule has 4 amide bonds. The number of hydrogen-bond donors (Lipinski definition) is 1. The van der Waals surface area contributed by atoms with Gasteiger partial charge in [0.25, 0.3) is 11.8 Å². The minimum absolute atomic E-state index is 0.0901. The van der Waals surface area contributed by atoms with Crippen LogP contribution in [0, 0.1) is 0 Å². The van der Waals surface area contributed by atoms with E-state index in [-0.39, 0.29) is 49.4 Å². The number of benzene rings is 3. The Bertz CT molecular complexity index is 1630. The standard InChI is InChI=1S/C35H38N4O7/c1-3-44-28-17-25-18-29(19-28)46-27-7-4-6-23(16-27)22-45-31-13-15-38(20-30(31)36-32(40)21-37(2)34(25)42)35(43)24-9-11-26(12-10-24)39-14-5-8-33(39)41/h4,6-7,9-12,16-19,30-31H,3,5,8,13-15,20-22H2,1-2H3,(H,36,40)/t30-,31+/m0/s1. The SMILES string of the molecule is CCOc1cc2cc(c1)C(=O)N(C)CC(=O)N[C@H]1CN(C(=O)c3ccc(N4CCCC4=O)cc3)CC[C@H]1OCc1cccc(c1)O2. The number of nitrogens with zero attached hydrogens (tertiary/aromatic N) is 3. The summed E-state index contributed by atoms with van der Waals surface area (Å²) in [4.78, 5) is 57.2. The van der Waals surface area contributed by atoms with Crippen LogP contribution in [-0.2, 0) is 20.9 Å². The predicted octanol–water partition coefficient (Wildman–Crippen LogP) is 4.01. The van der Waals surface area contributed by atoms with E-state index in [1.54, 1.807) is 59.3 Å². The second kappa shape index (κ2) is 13.6. The van der Waals surface area contributed by atoms with Gasteiger partial charge in [-0.15, -0.1) is 0 Å². The number of nitrogens with one attached hydrogen (secondary N) is 1. The van der Waals surface area contributed by atoms with Crippen molar-refractivity contribution in [3.8, 4) is 17.2 Å². The number of piperidine rings is 1. The Hall–Kier alpha value is -4.90. The molecular weight excluding hydrogens is 588 g/mol. The summed E-state index contributed by atoms with van der Waals surface area (Å²) >= 11 is 0. The molecule has 2 saturated heterocycles. The first-order valence-corrected chi connectivity index (χ1v) is 15.7. The highest BCUT2D eigenvalue weighted by Crippen LogP contribution is 2.30. The molecule has 3 aliphatic heterocycles. The molecule has 4 bridgehead atoms. The highest BCUT2D eigenvalue weighted by molar-refractivity contribution is 5.98. The van der Waals surface area contributed by atoms with Crippen molar-refractivity contribution in [2.45, 2.75) is 44.9 Å². The van der Waals surface area contributed by atoms with Gasteiger partial charge >= 0.3 is 0 Å². The van der Waals surface area contributed by atoms with Crippen molar-refractivity contribution in [2.24, 2.45) is 0 Å². The van der Waals surface area contributed by atoms with Gasteiger partial charge in [0.2, 0.25) is 11.8 Å². The summed E-state index contributed by atoms with van der Waals surface area (Å²) < 4.78 is 18.2. The zero-order valence-electron chi connectivity index (χ0n) is 26.1. The van der Waals surface area contributed by atoms with Gasteiger partial charge in [0.1, 0.15) is 17.2 Å². The topological polar surface area (TPSA) is 118 Å². The largest absolute Gasteiger partial charge is 0.494 e. The maximum atomic E-state index is 13.6. The molecule has 11 nitrogen and oxygen atoms in total. The van der Waals surface area contributed by atoms with Crippen molar-refractivity contribution in [3.05, 3.63) is 83.4 Å². The third-order valence-corrected chi connectivity index (χ3v) is 8.45. The fourth-order valence-corrected chi connectivity index (χ4v) is 6.14. The minimum atomic E-state index is -0.504. The molecule has 0 spiro atoms. The van der Waals surface area contributed by atoms with Gasteiger partial charge in [0.05, 0.1) is 31.9 Å². The molecule has 3 aromatic carbocycles. The highest BCUT2D eigenvalue weighted by Gasteiger charge is 2.34. The van der Waals surface area contributed by atoms with E-state index in [4.69, 9.17) is 14.2 Å². The first kappa shape index (κ1) is 31.1. The number of rotatable bonds is 4. The zero-order valence-corrected chi connectivity index (χ0v) is 26.1. The van der Waals surface area contributed by atoms with Crippen LogP contribution in [0.3, 0.4) is 0 Å². The molecule has 3 aliphatic rings. The average Bonchev–Trinajstić information content (AvgIpc) is 3.49. The summed E-state index contributed by atoms with van der Waals surface area (Å²) in [6.07, 6.45) is 1.51. The van der Waals surface area contributed by atoms with E-state index in [1.807, 2.05) is 31.2 Å². The zero-order chi connectivity index (χ0) is 32.2. The number of likely N-dealkylation sites (tertiary alicyclic amines) is 1. The molecule has 1 N–H and O–H groups in total. The number of likely N-dealkylation sites (N-methyl/N-ethyl adjacent to an activating group) is 1. The van der Waals surface area contributed by atoms with Gasteiger partial charge in [0.15, 0.2) is 0 Å². The number of amides is 4. The summed E-state index contributed by atoms with van der Waals surface area (Å²) in [6.45, 7) is 3.72. The van der Waals surface area contributed by atoms with Gasteiger partial charge in [-0.1, -0.05) is 12.1 Å². The number of fused-ring (bicyclic) bond motifs is 5. The number of anilines is 1. The van der Waals surface area contributed by atoms with E-state index in [1.165, 1.54) is 4.90 Å². The molecule has 2 atom stereocenters. The minimum Gasteiger partial charge on any atom is -0.494 e. The molecule has 2 fully saturated rings. The molecule has 0 radical (unpaired) electrons. The number of ether oxygens (including phenoxy) is 3. The lowest BCUT2D eigenvalue weighted by Crippen LogP contribution is -2.58. The van der Waals surface area contributed by atoms with Crippen LogP contribution in [0.1, 0.15) is 52.5 Å². The molecule has 0 aromatic heterocycles. The van der Waals surface area contributed by atoms with Crippen LogP contribution >= 0.6 is 0 Å². The molecule has 0 unspecified atom stereocenters. The van der Waals surface area contributed by atoms with Crippen molar-refractivity contribution < 1.29 is 33.4 Å². The maximum absolute atomic E-state index is 13.6. The van der Waals surface area contributed by atoms with Crippen LogP contribution in [0.4, 0.5) is 5.69 Å². The van der Waals surface area contributed by atoms with Gasteiger partial charge in [-0.2, -0.15) is 0 Å². The Morgan fingerprint density at radius 1 is 1.00 bits per heavy atom. The van der Waals surface area contributed by atoms with Crippen LogP contribution in [0.5, 0.6) is 17.2 Å². The van der Waals surface area contributed by atoms with Gasteiger partial charge < -0.3 is 34.2 Å². The molecular formula is C35H38N4O7. The van der Waals surface area contributed by atoms with Crippen molar-refractivity contribution in [2.75, 3.05) is 44.7 Å². The van der Waals surface area contributed by atoms with Crippen LogP contribution in [0.25, 0.3) is 0 Å². The molecule has 11 heteroatoms. The van der Waals surface area contributed by atoms with Crippen molar-refractivity contribution in [1.82, 2.24) is 15.1 Å². The van der Waals surface area contributed by atoms with Gasteiger partial charge in [-0.3, -0.25) is 19.2 Å². The average molecular weight is 627 g/mol. The molecule has 0 aliphatic carbocycles. The summed E-state index contributed by atoms with van der Waals surface area (Å²) in [5.74, 6) is 0.696. The van der Waals surface area contributed by atoms with E-state index < -0.39 is 6.04 Å². The monoisotopic (exact) mass is 626 g/mol. The van der Waals surface area contributed by atoms with Crippen molar-refractivity contribution in [3.63, 3.8) is 0 Å². The van der Waals surface area contributed by atoms with Crippen LogP contribution < -0.4 is 19.7 Å². The van der Waals surface area contributed by atoms with Gasteiger partial charge in [-0.25, -0.2) is 0 Å². The third-order valence-electron chi connectivity index (χ3n) is 8.45. The summed E-state index contributed by atoms with van der Waals surface area (Å²) in [5.41, 5.74) is 2.49. The number of carbonyl (C=O) groups excluding carboxylic acids is 4. The number of carbonyl (C=O) groups is 4. The van der Waals surface area contributed by atoms with E-state index in [2.05, 4.69) is 5.32 Å². The summed E-state index contributed by atoms with van der Waals surface area (Å²) in [6, 6.07) is 19.1. The molecule has 46 heavy (non-hydrogen) atoms. The van der Waals surface area contributed by atoms with E-state index in [0.717, 1.165) is 17.7 Å². The van der Waals surface area contributed by atoms with Gasteiger partial charge in [0, 0.05) is 56.0 Å². The van der Waals surface area contributed by atoms with Crippen LogP contribution in [0.2, 0.25) is 0 Å². The normalized spacial score (nSPS) is 20.6. The second-order valence-electron chi connectivity index (χ2n) is 11.8. The lowest BCUT2D eigenvalue weighted by atomic mass is 10.00. The number of hydrogen-bond acceptors (Lipinski definition) is 7. The summed E-state index contributed by atoms with van der Waals surface area (Å²) in [5, 5.41) is 3.04. The Labute approximate surface area is 268 Å². The Morgan fingerprint density at radius 2 is 1.83 bits per heavy atom. The third kappa shape index (κ3) is 6.99. The van der Waals surface area contributed by atoms with E-state index >= 15 is 0 Å². The fraction of sp³-hybridized carbons (Fsp3) is 0.371. The quantitative estimate of drug-likeness (QED) is 0.465. The van der Waals surface area contributed by atoms with Crippen molar-refractivity contribution in [1.29, 1.82) is 0 Å². The first-order chi connectivity index (χ1) is 22.3. The molecule has 3 heterocycles. The smallest absolute Gasteiger partial charge is 0.254 e. The molecule has 0 saturated carbocycles. The molecule has 6 rings (SSSR count). The Kier molecular flexibility index (Phi) is 9.20. The fourth-order valence-electron chi connectivity index (χ4n) is 6.14. The van der Waals surface area contributed by atoms with Crippen LogP contribution in [-0.4, -0.2) is 85.4 Å².